The fourth-order valence-corrected chi connectivity index (χ4v) is 3.76. The minimum Gasteiger partial charge on any atom is -0.322 e. The fraction of sp³-hybridized carbons (Fsp3) is 0.250. The monoisotopic (exact) mass is 566 g/mol. The molecule has 0 aliphatic rings. The molecule has 0 aliphatic carbocycles. The summed E-state index contributed by atoms with van der Waals surface area (Å²) in [6.45, 7) is 6.44. The standard InChI is InChI=1S/C15H15F3N2O2S.C9H12.Ru/c16-15(17,18)23(21,22)20-14(12-9-5-2-6-10-12)13(19)11-7-3-1-4-8-11;1-7-5-4-6-8(2)9(7)3;/h1-10,13-14,20H,19H2;4-6H,1-3H3;/t13-,14-;;/m0../s1. The van der Waals surface area contributed by atoms with E-state index in [1.165, 1.54) is 28.8 Å². The first-order valence-electron chi connectivity index (χ1n) is 9.91. The van der Waals surface area contributed by atoms with Crippen LogP contribution in [0.25, 0.3) is 0 Å². The molecule has 180 valence electrons. The van der Waals surface area contributed by atoms with Gasteiger partial charge in [0.05, 0.1) is 12.1 Å². The molecule has 0 amide bonds. The Morgan fingerprint density at radius 3 is 1.58 bits per heavy atom. The molecule has 3 aromatic carbocycles. The van der Waals surface area contributed by atoms with Crippen LogP contribution in [0.1, 0.15) is 39.9 Å². The summed E-state index contributed by atoms with van der Waals surface area (Å²) in [5.74, 6) is 0. The van der Waals surface area contributed by atoms with Gasteiger partial charge in [0.25, 0.3) is 0 Å². The zero-order valence-electron chi connectivity index (χ0n) is 18.4. The molecular formula is C24H27F3N2O2RuS. The third-order valence-electron chi connectivity index (χ3n) is 5.16. The van der Waals surface area contributed by atoms with Gasteiger partial charge in [-0.05, 0) is 48.6 Å². The van der Waals surface area contributed by atoms with E-state index in [0.717, 1.165) is 0 Å². The molecule has 0 saturated heterocycles. The third-order valence-corrected chi connectivity index (χ3v) is 6.34. The molecule has 0 heterocycles. The average Bonchev–Trinajstić information content (AvgIpc) is 2.76. The maximum atomic E-state index is 12.7. The van der Waals surface area contributed by atoms with Crippen molar-refractivity contribution in [2.75, 3.05) is 0 Å². The van der Waals surface area contributed by atoms with Crippen molar-refractivity contribution in [2.24, 2.45) is 5.73 Å². The first-order valence-corrected chi connectivity index (χ1v) is 11.4. The quantitative estimate of drug-likeness (QED) is 0.403. The van der Waals surface area contributed by atoms with Crippen LogP contribution in [0.15, 0.2) is 78.9 Å². The molecule has 4 nitrogen and oxygen atoms in total. The maximum absolute atomic E-state index is 12.7. The van der Waals surface area contributed by atoms with E-state index in [9.17, 15) is 21.6 Å². The second-order valence-corrected chi connectivity index (χ2v) is 9.11. The molecule has 0 fully saturated rings. The number of halogens is 3. The van der Waals surface area contributed by atoms with Crippen molar-refractivity contribution in [3.63, 3.8) is 0 Å². The van der Waals surface area contributed by atoms with E-state index < -0.39 is 27.6 Å². The van der Waals surface area contributed by atoms with Crippen molar-refractivity contribution in [2.45, 2.75) is 38.4 Å². The first-order chi connectivity index (χ1) is 14.9. The Kier molecular flexibility index (Phi) is 10.9. The van der Waals surface area contributed by atoms with Gasteiger partial charge in [-0.3, -0.25) is 0 Å². The van der Waals surface area contributed by atoms with Gasteiger partial charge in [0.2, 0.25) is 0 Å². The molecule has 0 aliphatic heterocycles. The van der Waals surface area contributed by atoms with Gasteiger partial charge in [-0.2, -0.15) is 17.9 Å². The van der Waals surface area contributed by atoms with Crippen molar-refractivity contribution in [3.05, 3.63) is 107 Å². The van der Waals surface area contributed by atoms with Crippen LogP contribution >= 0.6 is 0 Å². The summed E-state index contributed by atoms with van der Waals surface area (Å²) in [5.41, 5.74) is 5.67. The second-order valence-electron chi connectivity index (χ2n) is 7.41. The van der Waals surface area contributed by atoms with Crippen LogP contribution < -0.4 is 10.5 Å². The van der Waals surface area contributed by atoms with E-state index in [1.807, 2.05) is 0 Å². The Balaban J connectivity index is 0.000000458. The first kappa shape index (κ1) is 29.0. The van der Waals surface area contributed by atoms with Crippen molar-refractivity contribution < 1.29 is 41.1 Å². The third kappa shape index (κ3) is 8.03. The Labute approximate surface area is 206 Å². The van der Waals surface area contributed by atoms with E-state index >= 15 is 0 Å². The van der Waals surface area contributed by atoms with Crippen LogP contribution in [0.3, 0.4) is 0 Å². The molecule has 0 unspecified atom stereocenters. The molecule has 0 spiro atoms. The SMILES string of the molecule is Cc1cccc(C)c1C.N[C@@H](c1ccccc1)[C@@H](NS(=O)(=O)C(F)(F)F)c1ccccc1.[Ru]. The summed E-state index contributed by atoms with van der Waals surface area (Å²) in [5, 5.41) is 0. The fourth-order valence-electron chi connectivity index (χ4n) is 3.01. The van der Waals surface area contributed by atoms with Crippen LogP contribution in [-0.2, 0) is 29.5 Å². The Bertz CT molecular complexity index is 1090. The van der Waals surface area contributed by atoms with Gasteiger partial charge in [-0.15, -0.1) is 0 Å². The molecule has 33 heavy (non-hydrogen) atoms. The summed E-state index contributed by atoms with van der Waals surface area (Å²) in [4.78, 5) is 0. The second kappa shape index (κ2) is 12.4. The van der Waals surface area contributed by atoms with Crippen LogP contribution in [0.4, 0.5) is 13.2 Å². The molecule has 0 bridgehead atoms. The summed E-state index contributed by atoms with van der Waals surface area (Å²) in [7, 11) is -5.53. The molecule has 3 rings (SSSR count). The van der Waals surface area contributed by atoms with Gasteiger partial charge >= 0.3 is 15.5 Å². The molecule has 3 aromatic rings. The number of alkyl halides is 3. The van der Waals surface area contributed by atoms with E-state index in [1.54, 1.807) is 53.3 Å². The molecule has 0 aromatic heterocycles. The largest absolute Gasteiger partial charge is 0.511 e. The van der Waals surface area contributed by atoms with Crippen LogP contribution in [0.2, 0.25) is 0 Å². The number of aryl methyl sites for hydroxylation is 2. The number of benzene rings is 3. The van der Waals surface area contributed by atoms with Crippen molar-refractivity contribution >= 4 is 10.0 Å². The zero-order valence-corrected chi connectivity index (χ0v) is 21.0. The van der Waals surface area contributed by atoms with Gasteiger partial charge in [0, 0.05) is 19.5 Å². The van der Waals surface area contributed by atoms with E-state index in [4.69, 9.17) is 5.73 Å². The normalized spacial score (nSPS) is 13.2. The van der Waals surface area contributed by atoms with E-state index in [2.05, 4.69) is 39.0 Å². The Morgan fingerprint density at radius 2 is 1.18 bits per heavy atom. The van der Waals surface area contributed by atoms with Crippen molar-refractivity contribution in [1.82, 2.24) is 4.72 Å². The van der Waals surface area contributed by atoms with E-state index in [-0.39, 0.29) is 19.5 Å². The molecule has 0 saturated carbocycles. The molecule has 9 heteroatoms. The minimum atomic E-state index is -5.53. The molecule has 0 radical (unpaired) electrons. The van der Waals surface area contributed by atoms with Gasteiger partial charge in [-0.25, -0.2) is 8.42 Å². The van der Waals surface area contributed by atoms with Crippen LogP contribution in [0, 0.1) is 20.8 Å². The summed E-state index contributed by atoms with van der Waals surface area (Å²) < 4.78 is 62.7. The summed E-state index contributed by atoms with van der Waals surface area (Å²) >= 11 is 0. The zero-order chi connectivity index (χ0) is 23.9. The topological polar surface area (TPSA) is 72.2 Å². The van der Waals surface area contributed by atoms with Crippen LogP contribution in [-0.4, -0.2) is 13.9 Å². The predicted octanol–water partition coefficient (Wildman–Crippen LogP) is 5.48. The van der Waals surface area contributed by atoms with Gasteiger partial charge in [-0.1, -0.05) is 78.9 Å². The van der Waals surface area contributed by atoms with Gasteiger partial charge in [0.15, 0.2) is 0 Å². The number of rotatable bonds is 5. The van der Waals surface area contributed by atoms with Gasteiger partial charge < -0.3 is 5.73 Å². The predicted molar refractivity (Wildman–Crippen MR) is 121 cm³/mol. The smallest absolute Gasteiger partial charge is 0.322 e. The number of sulfonamides is 1. The summed E-state index contributed by atoms with van der Waals surface area (Å²) in [6.07, 6.45) is 0. The average molecular weight is 566 g/mol. The van der Waals surface area contributed by atoms with Gasteiger partial charge in [0.1, 0.15) is 0 Å². The van der Waals surface area contributed by atoms with Crippen LogP contribution in [0.5, 0.6) is 0 Å². The Morgan fingerprint density at radius 1 is 0.758 bits per heavy atom. The van der Waals surface area contributed by atoms with Crippen molar-refractivity contribution in [1.29, 1.82) is 0 Å². The number of hydrogen-bond donors (Lipinski definition) is 2. The Hall–Kier alpha value is -2.06. The number of hydrogen-bond acceptors (Lipinski definition) is 3. The number of nitrogens with two attached hydrogens (primary N) is 1. The maximum Gasteiger partial charge on any atom is 0.511 e. The van der Waals surface area contributed by atoms with E-state index in [0.29, 0.717) is 11.1 Å². The minimum absolute atomic E-state index is 0. The van der Waals surface area contributed by atoms with Crippen molar-refractivity contribution in [3.8, 4) is 0 Å². The molecule has 3 N–H and O–H groups in total. The molecular weight excluding hydrogens is 538 g/mol. The summed E-state index contributed by atoms with van der Waals surface area (Å²) in [6, 6.07) is 20.4. The number of nitrogens with one attached hydrogen (secondary N) is 1. The molecule has 2 atom stereocenters.